The standard InChI is InChI=1S/C10H13F3O4/c1-4-6(2)10(16,7(3)14)8(15)17-5-9(11,12)13/h4,6,16H,1,5H2,2-3H3/t6-,10+/m0/s1. The third-order valence-corrected chi connectivity index (χ3v) is 2.23. The molecule has 0 aromatic heterocycles. The number of esters is 1. The van der Waals surface area contributed by atoms with Gasteiger partial charge in [-0.15, -0.1) is 6.58 Å². The molecule has 0 aliphatic rings. The number of halogens is 3. The molecule has 0 saturated heterocycles. The average molecular weight is 254 g/mol. The summed E-state index contributed by atoms with van der Waals surface area (Å²) in [5.41, 5.74) is -2.63. The molecule has 4 nitrogen and oxygen atoms in total. The highest BCUT2D eigenvalue weighted by Gasteiger charge is 2.47. The third-order valence-electron chi connectivity index (χ3n) is 2.23. The molecule has 0 aliphatic carbocycles. The van der Waals surface area contributed by atoms with Crippen molar-refractivity contribution < 1.29 is 32.6 Å². The predicted octanol–water partition coefficient (Wildman–Crippen LogP) is 1.23. The topological polar surface area (TPSA) is 63.6 Å². The summed E-state index contributed by atoms with van der Waals surface area (Å²) >= 11 is 0. The van der Waals surface area contributed by atoms with Crippen LogP contribution in [0.25, 0.3) is 0 Å². The molecule has 0 saturated carbocycles. The number of alkyl halides is 3. The van der Waals surface area contributed by atoms with Crippen molar-refractivity contribution in [3.05, 3.63) is 12.7 Å². The van der Waals surface area contributed by atoms with Gasteiger partial charge in [-0.1, -0.05) is 13.0 Å². The quantitative estimate of drug-likeness (QED) is 0.455. The zero-order chi connectivity index (χ0) is 13.9. The van der Waals surface area contributed by atoms with Crippen molar-refractivity contribution in [2.75, 3.05) is 6.61 Å². The number of rotatable bonds is 5. The van der Waals surface area contributed by atoms with Gasteiger partial charge in [0.1, 0.15) is 0 Å². The lowest BCUT2D eigenvalue weighted by molar-refractivity contribution is -0.201. The number of carbonyl (C=O) groups excluding carboxylic acids is 2. The Morgan fingerprint density at radius 2 is 1.94 bits per heavy atom. The number of aliphatic hydroxyl groups is 1. The summed E-state index contributed by atoms with van der Waals surface area (Å²) in [6, 6.07) is 0. The fourth-order valence-corrected chi connectivity index (χ4v) is 1.08. The number of ketones is 1. The maximum atomic E-state index is 11.8. The first-order valence-corrected chi connectivity index (χ1v) is 4.65. The van der Waals surface area contributed by atoms with Gasteiger partial charge in [-0.25, -0.2) is 4.79 Å². The van der Waals surface area contributed by atoms with Crippen molar-refractivity contribution >= 4 is 11.8 Å². The second-order valence-corrected chi connectivity index (χ2v) is 3.54. The molecule has 0 aromatic carbocycles. The molecule has 7 heteroatoms. The fraction of sp³-hybridized carbons (Fsp3) is 0.600. The van der Waals surface area contributed by atoms with E-state index < -0.39 is 36.1 Å². The summed E-state index contributed by atoms with van der Waals surface area (Å²) in [5, 5.41) is 9.76. The summed E-state index contributed by atoms with van der Waals surface area (Å²) < 4.78 is 39.3. The lowest BCUT2D eigenvalue weighted by Gasteiger charge is -2.27. The van der Waals surface area contributed by atoms with Crippen LogP contribution in [-0.2, 0) is 14.3 Å². The van der Waals surface area contributed by atoms with E-state index >= 15 is 0 Å². The van der Waals surface area contributed by atoms with Gasteiger partial charge in [-0.2, -0.15) is 13.2 Å². The van der Waals surface area contributed by atoms with Gasteiger partial charge in [0.25, 0.3) is 0 Å². The van der Waals surface area contributed by atoms with Gasteiger partial charge in [0.2, 0.25) is 5.60 Å². The summed E-state index contributed by atoms with van der Waals surface area (Å²) in [4.78, 5) is 22.5. The number of Topliss-reactive ketones (excluding diaryl/α,β-unsaturated/α-hetero) is 1. The minimum absolute atomic E-state index is 0.884. The minimum Gasteiger partial charge on any atom is -0.454 e. The van der Waals surface area contributed by atoms with Crippen molar-refractivity contribution in [3.8, 4) is 0 Å². The Morgan fingerprint density at radius 1 is 1.47 bits per heavy atom. The van der Waals surface area contributed by atoms with Gasteiger partial charge in [-0.05, 0) is 6.92 Å². The van der Waals surface area contributed by atoms with E-state index in [1.54, 1.807) is 0 Å². The molecule has 17 heavy (non-hydrogen) atoms. The highest BCUT2D eigenvalue weighted by atomic mass is 19.4. The van der Waals surface area contributed by atoms with Crippen LogP contribution >= 0.6 is 0 Å². The molecule has 0 aliphatic heterocycles. The maximum Gasteiger partial charge on any atom is 0.422 e. The number of hydrogen-bond acceptors (Lipinski definition) is 4. The Balaban J connectivity index is 4.91. The summed E-state index contributed by atoms with van der Waals surface area (Å²) in [6.07, 6.45) is -3.64. The van der Waals surface area contributed by atoms with Crippen molar-refractivity contribution in [1.82, 2.24) is 0 Å². The Hall–Kier alpha value is -1.37. The summed E-state index contributed by atoms with van der Waals surface area (Å²) in [5.74, 6) is -3.69. The highest BCUT2D eigenvalue weighted by Crippen LogP contribution is 2.23. The lowest BCUT2D eigenvalue weighted by Crippen LogP contribution is -2.51. The first kappa shape index (κ1) is 15.6. The van der Waals surface area contributed by atoms with Crippen LogP contribution in [-0.4, -0.2) is 35.2 Å². The molecule has 0 aromatic rings. The highest BCUT2D eigenvalue weighted by molar-refractivity contribution is 6.06. The van der Waals surface area contributed by atoms with Gasteiger partial charge in [0.15, 0.2) is 12.4 Å². The van der Waals surface area contributed by atoms with Gasteiger partial charge in [0.05, 0.1) is 0 Å². The van der Waals surface area contributed by atoms with Crippen LogP contribution in [0.3, 0.4) is 0 Å². The molecule has 1 N–H and O–H groups in total. The largest absolute Gasteiger partial charge is 0.454 e. The minimum atomic E-state index is -4.72. The van der Waals surface area contributed by atoms with Gasteiger partial charge >= 0.3 is 12.1 Å². The second-order valence-electron chi connectivity index (χ2n) is 3.54. The first-order chi connectivity index (χ1) is 7.55. The summed E-state index contributed by atoms with van der Waals surface area (Å²) in [6.45, 7) is 3.55. The van der Waals surface area contributed by atoms with Crippen molar-refractivity contribution in [3.63, 3.8) is 0 Å². The molecular weight excluding hydrogens is 241 g/mol. The van der Waals surface area contributed by atoms with E-state index in [-0.39, 0.29) is 0 Å². The Bertz CT molecular complexity index is 324. The van der Waals surface area contributed by atoms with Gasteiger partial charge < -0.3 is 9.84 Å². The fourth-order valence-electron chi connectivity index (χ4n) is 1.08. The number of hydrogen-bond donors (Lipinski definition) is 1. The number of carbonyl (C=O) groups is 2. The van der Waals surface area contributed by atoms with Crippen LogP contribution in [0, 0.1) is 5.92 Å². The second kappa shape index (κ2) is 5.31. The van der Waals surface area contributed by atoms with Crippen molar-refractivity contribution in [2.24, 2.45) is 5.92 Å². The molecule has 98 valence electrons. The third kappa shape index (κ3) is 3.85. The van der Waals surface area contributed by atoms with Crippen LogP contribution in [0.5, 0.6) is 0 Å². The monoisotopic (exact) mass is 254 g/mol. The van der Waals surface area contributed by atoms with Crippen LogP contribution < -0.4 is 0 Å². The molecule has 0 unspecified atom stereocenters. The van der Waals surface area contributed by atoms with Crippen LogP contribution in [0.4, 0.5) is 13.2 Å². The Morgan fingerprint density at radius 3 is 2.24 bits per heavy atom. The normalized spacial score (nSPS) is 16.8. The van der Waals surface area contributed by atoms with Crippen molar-refractivity contribution in [2.45, 2.75) is 25.6 Å². The van der Waals surface area contributed by atoms with E-state index in [2.05, 4.69) is 11.3 Å². The van der Waals surface area contributed by atoms with E-state index in [9.17, 15) is 27.9 Å². The molecular formula is C10H13F3O4. The molecule has 0 bridgehead atoms. The van der Waals surface area contributed by atoms with E-state index in [1.165, 1.54) is 6.92 Å². The van der Waals surface area contributed by atoms with Crippen LogP contribution in [0.1, 0.15) is 13.8 Å². The summed E-state index contributed by atoms with van der Waals surface area (Å²) in [7, 11) is 0. The molecule has 2 atom stereocenters. The smallest absolute Gasteiger partial charge is 0.422 e. The van der Waals surface area contributed by atoms with Gasteiger partial charge in [0, 0.05) is 5.92 Å². The average Bonchev–Trinajstić information content (AvgIpc) is 2.21. The van der Waals surface area contributed by atoms with Gasteiger partial charge in [-0.3, -0.25) is 4.79 Å². The molecule has 0 fully saturated rings. The molecule has 0 radical (unpaired) electrons. The Kier molecular flexibility index (Phi) is 4.88. The molecule has 0 amide bonds. The van der Waals surface area contributed by atoms with E-state index in [1.807, 2.05) is 0 Å². The van der Waals surface area contributed by atoms with Crippen LogP contribution in [0.15, 0.2) is 12.7 Å². The van der Waals surface area contributed by atoms with Crippen molar-refractivity contribution in [1.29, 1.82) is 0 Å². The van der Waals surface area contributed by atoms with E-state index in [0.717, 1.165) is 13.0 Å². The number of ether oxygens (including phenoxy) is 1. The maximum absolute atomic E-state index is 11.8. The molecule has 0 heterocycles. The zero-order valence-electron chi connectivity index (χ0n) is 9.37. The van der Waals surface area contributed by atoms with Crippen LogP contribution in [0.2, 0.25) is 0 Å². The Labute approximate surface area is 96.1 Å². The zero-order valence-corrected chi connectivity index (χ0v) is 9.37. The van der Waals surface area contributed by atoms with E-state index in [0.29, 0.717) is 0 Å². The lowest BCUT2D eigenvalue weighted by atomic mass is 9.85. The molecule has 0 rings (SSSR count). The SMILES string of the molecule is C=C[C@H](C)[C@@](O)(C(C)=O)C(=O)OCC(F)(F)F. The first-order valence-electron chi connectivity index (χ1n) is 4.65. The van der Waals surface area contributed by atoms with E-state index in [4.69, 9.17) is 0 Å². The predicted molar refractivity (Wildman–Crippen MR) is 52.0 cm³/mol. The molecule has 0 spiro atoms.